The summed E-state index contributed by atoms with van der Waals surface area (Å²) in [5.74, 6) is 2.00. The lowest BCUT2D eigenvalue weighted by molar-refractivity contribution is 0.152. The second-order valence-corrected chi connectivity index (χ2v) is 7.11. The second kappa shape index (κ2) is 8.53. The number of piperidine rings is 1. The van der Waals surface area contributed by atoms with Crippen LogP contribution in [0.5, 0.6) is 0 Å². The fourth-order valence-electron chi connectivity index (χ4n) is 3.82. The molecule has 24 heavy (non-hydrogen) atoms. The van der Waals surface area contributed by atoms with E-state index in [0.717, 1.165) is 57.6 Å². The molecule has 2 amide bonds. The fraction of sp³-hybridized carbons (Fsp3) is 0.722. The zero-order valence-corrected chi connectivity index (χ0v) is 14.3. The predicted octanol–water partition coefficient (Wildman–Crippen LogP) is 2.23. The summed E-state index contributed by atoms with van der Waals surface area (Å²) in [7, 11) is 0. The molecular weight excluding hydrogens is 306 g/mol. The second-order valence-electron chi connectivity index (χ2n) is 7.11. The van der Waals surface area contributed by atoms with Gasteiger partial charge in [-0.3, -0.25) is 4.90 Å². The van der Waals surface area contributed by atoms with E-state index >= 15 is 0 Å². The van der Waals surface area contributed by atoms with Crippen molar-refractivity contribution in [1.29, 1.82) is 0 Å². The van der Waals surface area contributed by atoms with E-state index in [-0.39, 0.29) is 12.6 Å². The molecule has 134 valence electrons. The van der Waals surface area contributed by atoms with Gasteiger partial charge in [0.05, 0.1) is 6.54 Å². The Balaban J connectivity index is 1.39. The number of nitrogens with one attached hydrogen (secondary N) is 2. The molecule has 1 saturated carbocycles. The van der Waals surface area contributed by atoms with Crippen molar-refractivity contribution < 1.29 is 14.3 Å². The quantitative estimate of drug-likeness (QED) is 0.745. The number of aliphatic hydroxyl groups excluding tert-OH is 1. The minimum absolute atomic E-state index is 0.0161. The third-order valence-corrected chi connectivity index (χ3v) is 5.10. The van der Waals surface area contributed by atoms with Crippen LogP contribution in [0.1, 0.15) is 50.0 Å². The summed E-state index contributed by atoms with van der Waals surface area (Å²) in [5, 5.41) is 15.2. The van der Waals surface area contributed by atoms with Crippen LogP contribution in [0.15, 0.2) is 16.5 Å². The van der Waals surface area contributed by atoms with Gasteiger partial charge < -0.3 is 20.2 Å². The van der Waals surface area contributed by atoms with Gasteiger partial charge in [-0.25, -0.2) is 4.79 Å². The molecular formula is C18H29N3O3. The van der Waals surface area contributed by atoms with Gasteiger partial charge in [0.2, 0.25) is 0 Å². The van der Waals surface area contributed by atoms with Crippen LogP contribution in [0.2, 0.25) is 0 Å². The van der Waals surface area contributed by atoms with E-state index in [9.17, 15) is 4.79 Å². The lowest BCUT2D eigenvalue weighted by Crippen LogP contribution is -2.45. The third-order valence-electron chi connectivity index (χ3n) is 5.10. The molecule has 1 aliphatic heterocycles. The third kappa shape index (κ3) is 4.98. The van der Waals surface area contributed by atoms with Crippen LogP contribution in [0.4, 0.5) is 4.79 Å². The molecule has 1 aromatic rings. The Hall–Kier alpha value is -1.53. The van der Waals surface area contributed by atoms with Crippen molar-refractivity contribution >= 4 is 6.03 Å². The smallest absolute Gasteiger partial charge is 0.315 e. The van der Waals surface area contributed by atoms with Gasteiger partial charge in [-0.15, -0.1) is 0 Å². The minimum Gasteiger partial charge on any atom is -0.462 e. The molecule has 0 bridgehead atoms. The number of carbonyl (C=O) groups is 1. The topological polar surface area (TPSA) is 77.7 Å². The summed E-state index contributed by atoms with van der Waals surface area (Å²) in [4.78, 5) is 14.3. The zero-order valence-electron chi connectivity index (χ0n) is 14.3. The number of nitrogens with zero attached hydrogens (tertiary/aromatic N) is 1. The van der Waals surface area contributed by atoms with E-state index < -0.39 is 0 Å². The highest BCUT2D eigenvalue weighted by Gasteiger charge is 2.22. The van der Waals surface area contributed by atoms with E-state index in [0.29, 0.717) is 17.7 Å². The van der Waals surface area contributed by atoms with Gasteiger partial charge >= 0.3 is 6.03 Å². The van der Waals surface area contributed by atoms with Crippen LogP contribution in [0, 0.1) is 5.92 Å². The summed E-state index contributed by atoms with van der Waals surface area (Å²) < 4.78 is 5.57. The maximum atomic E-state index is 12.0. The first-order valence-corrected chi connectivity index (χ1v) is 9.18. The van der Waals surface area contributed by atoms with Gasteiger partial charge in [-0.1, -0.05) is 12.8 Å². The number of likely N-dealkylation sites (tertiary alicyclic amines) is 1. The first-order valence-electron chi connectivity index (χ1n) is 9.18. The maximum absolute atomic E-state index is 12.0. The van der Waals surface area contributed by atoms with Crippen molar-refractivity contribution in [2.75, 3.05) is 19.6 Å². The molecule has 6 nitrogen and oxygen atoms in total. The number of aliphatic hydroxyl groups is 1. The van der Waals surface area contributed by atoms with Gasteiger partial charge in [0.25, 0.3) is 0 Å². The molecule has 3 N–H and O–H groups in total. The number of rotatable bonds is 6. The van der Waals surface area contributed by atoms with Crippen LogP contribution >= 0.6 is 0 Å². The van der Waals surface area contributed by atoms with Gasteiger partial charge in [-0.05, 0) is 50.3 Å². The monoisotopic (exact) mass is 335 g/mol. The highest BCUT2D eigenvalue weighted by atomic mass is 16.4. The van der Waals surface area contributed by atoms with E-state index in [1.165, 1.54) is 12.8 Å². The number of hydrogen-bond donors (Lipinski definition) is 3. The summed E-state index contributed by atoms with van der Waals surface area (Å²) in [6.45, 7) is 3.47. The SMILES string of the molecule is O=C(NCC1CCCN(Cc2ccc(CO)o2)C1)NC1CCCC1. The maximum Gasteiger partial charge on any atom is 0.315 e. The molecule has 0 aromatic carbocycles. The molecule has 0 spiro atoms. The molecule has 1 unspecified atom stereocenters. The van der Waals surface area contributed by atoms with Crippen LogP contribution in [-0.2, 0) is 13.2 Å². The Morgan fingerprint density at radius 1 is 1.21 bits per heavy atom. The largest absolute Gasteiger partial charge is 0.462 e. The van der Waals surface area contributed by atoms with Crippen molar-refractivity contribution in [2.24, 2.45) is 5.92 Å². The Morgan fingerprint density at radius 3 is 2.75 bits per heavy atom. The zero-order chi connectivity index (χ0) is 16.8. The molecule has 2 aliphatic rings. The first kappa shape index (κ1) is 17.3. The standard InChI is InChI=1S/C18H29N3O3/c22-13-17-8-7-16(24-17)12-21-9-3-4-14(11-21)10-19-18(23)20-15-5-1-2-6-15/h7-8,14-15,22H,1-6,9-13H2,(H2,19,20,23). The molecule has 3 rings (SSSR count). The summed E-state index contributed by atoms with van der Waals surface area (Å²) >= 11 is 0. The highest BCUT2D eigenvalue weighted by molar-refractivity contribution is 5.74. The van der Waals surface area contributed by atoms with Crippen LogP contribution in [0.3, 0.4) is 0 Å². The lowest BCUT2D eigenvalue weighted by Gasteiger charge is -2.32. The molecule has 1 saturated heterocycles. The normalized spacial score (nSPS) is 22.6. The van der Waals surface area contributed by atoms with E-state index in [4.69, 9.17) is 9.52 Å². The van der Waals surface area contributed by atoms with Gasteiger partial charge in [0.1, 0.15) is 18.1 Å². The summed E-state index contributed by atoms with van der Waals surface area (Å²) in [5.41, 5.74) is 0. The van der Waals surface area contributed by atoms with Crippen molar-refractivity contribution in [1.82, 2.24) is 15.5 Å². The molecule has 2 fully saturated rings. The number of carbonyl (C=O) groups excluding carboxylic acids is 1. The van der Waals surface area contributed by atoms with Gasteiger partial charge in [0.15, 0.2) is 0 Å². The Bertz CT molecular complexity index is 525. The van der Waals surface area contributed by atoms with E-state index in [2.05, 4.69) is 15.5 Å². The van der Waals surface area contributed by atoms with Crippen molar-refractivity contribution in [3.8, 4) is 0 Å². The minimum atomic E-state index is -0.0529. The number of amides is 2. The van der Waals surface area contributed by atoms with Gasteiger partial charge in [0, 0.05) is 19.1 Å². The Labute approximate surface area is 143 Å². The molecule has 2 heterocycles. The molecule has 0 radical (unpaired) electrons. The Morgan fingerprint density at radius 2 is 2.00 bits per heavy atom. The molecule has 1 atom stereocenters. The molecule has 1 aliphatic carbocycles. The van der Waals surface area contributed by atoms with Crippen molar-refractivity contribution in [3.63, 3.8) is 0 Å². The highest BCUT2D eigenvalue weighted by Crippen LogP contribution is 2.20. The van der Waals surface area contributed by atoms with Crippen LogP contribution < -0.4 is 10.6 Å². The van der Waals surface area contributed by atoms with Crippen molar-refractivity contribution in [2.45, 2.75) is 57.7 Å². The van der Waals surface area contributed by atoms with E-state index in [1.807, 2.05) is 12.1 Å². The molecule has 6 heteroatoms. The van der Waals surface area contributed by atoms with E-state index in [1.54, 1.807) is 0 Å². The van der Waals surface area contributed by atoms with Crippen LogP contribution in [0.25, 0.3) is 0 Å². The van der Waals surface area contributed by atoms with Crippen LogP contribution in [-0.4, -0.2) is 41.7 Å². The lowest BCUT2D eigenvalue weighted by atomic mass is 9.98. The van der Waals surface area contributed by atoms with Gasteiger partial charge in [-0.2, -0.15) is 0 Å². The predicted molar refractivity (Wildman–Crippen MR) is 91.4 cm³/mol. The van der Waals surface area contributed by atoms with Crippen molar-refractivity contribution in [3.05, 3.63) is 23.7 Å². The number of hydrogen-bond acceptors (Lipinski definition) is 4. The molecule has 1 aromatic heterocycles. The number of furan rings is 1. The average Bonchev–Trinajstić information content (AvgIpc) is 3.25. The average molecular weight is 335 g/mol. The first-order chi connectivity index (χ1) is 11.7. The summed E-state index contributed by atoms with van der Waals surface area (Å²) in [6.07, 6.45) is 6.98. The number of urea groups is 1. The summed E-state index contributed by atoms with van der Waals surface area (Å²) in [6, 6.07) is 4.11. The Kier molecular flexibility index (Phi) is 6.15. The fourth-order valence-corrected chi connectivity index (χ4v) is 3.82.